The number of para-hydroxylation sites is 2. The Hall–Kier alpha value is -3.81. The van der Waals surface area contributed by atoms with Crippen molar-refractivity contribution >= 4 is 17.1 Å². The normalized spacial score (nSPS) is 12.6. The first kappa shape index (κ1) is 20.5. The highest BCUT2D eigenvalue weighted by molar-refractivity contribution is 5.79. The van der Waals surface area contributed by atoms with Gasteiger partial charge >= 0.3 is 12.1 Å². The summed E-state index contributed by atoms with van der Waals surface area (Å²) < 4.78 is 50.7. The highest BCUT2D eigenvalue weighted by Crippen LogP contribution is 2.36. The van der Waals surface area contributed by atoms with Crippen molar-refractivity contribution in [2.45, 2.75) is 19.2 Å². The lowest BCUT2D eigenvalue weighted by Gasteiger charge is -2.18. The second kappa shape index (κ2) is 7.79. The molecule has 4 rings (SSSR count). The Morgan fingerprint density at radius 1 is 1.06 bits per heavy atom. The number of hydrogen-bond acceptors (Lipinski definition) is 4. The summed E-state index contributed by atoms with van der Waals surface area (Å²) in [5, 5.41) is 9.67. The van der Waals surface area contributed by atoms with Crippen molar-refractivity contribution in [1.29, 1.82) is 0 Å². The maximum absolute atomic E-state index is 13.1. The third-order valence-corrected chi connectivity index (χ3v) is 4.65. The molecule has 0 fully saturated rings. The molecule has 5 nitrogen and oxygen atoms in total. The van der Waals surface area contributed by atoms with Gasteiger partial charge in [0.05, 0.1) is 11.1 Å². The molecule has 1 atom stereocenters. The van der Waals surface area contributed by atoms with Crippen LogP contribution in [0.5, 0.6) is 5.75 Å². The lowest BCUT2D eigenvalue weighted by Crippen LogP contribution is -2.19. The van der Waals surface area contributed by atoms with E-state index >= 15 is 0 Å². The van der Waals surface area contributed by atoms with Crippen molar-refractivity contribution in [3.8, 4) is 17.2 Å². The third-order valence-electron chi connectivity index (χ3n) is 4.65. The first-order chi connectivity index (χ1) is 14.7. The van der Waals surface area contributed by atoms with Gasteiger partial charge in [-0.3, -0.25) is 0 Å². The summed E-state index contributed by atoms with van der Waals surface area (Å²) in [5.74, 6) is -1.08. The maximum atomic E-state index is 13.1. The van der Waals surface area contributed by atoms with Crippen molar-refractivity contribution in [2.24, 2.45) is 0 Å². The van der Waals surface area contributed by atoms with Crippen LogP contribution >= 0.6 is 0 Å². The topological polar surface area (TPSA) is 72.6 Å². The molecule has 0 aliphatic carbocycles. The molecule has 31 heavy (non-hydrogen) atoms. The van der Waals surface area contributed by atoms with Gasteiger partial charge in [0, 0.05) is 5.56 Å². The Morgan fingerprint density at radius 2 is 1.84 bits per heavy atom. The number of hydrogen-bond donors (Lipinski definition) is 1. The van der Waals surface area contributed by atoms with Crippen LogP contribution in [0.1, 0.15) is 22.8 Å². The van der Waals surface area contributed by atoms with Crippen LogP contribution in [0.3, 0.4) is 0 Å². The van der Waals surface area contributed by atoms with Crippen LogP contribution in [-0.2, 0) is 11.0 Å². The Kier molecular flexibility index (Phi) is 5.14. The van der Waals surface area contributed by atoms with Gasteiger partial charge in [-0.2, -0.15) is 13.2 Å². The monoisotopic (exact) mass is 427 g/mol. The summed E-state index contributed by atoms with van der Waals surface area (Å²) in [6.45, 7) is 1.83. The van der Waals surface area contributed by atoms with Crippen LogP contribution in [-0.4, -0.2) is 16.1 Å². The van der Waals surface area contributed by atoms with Crippen LogP contribution in [0.15, 0.2) is 71.1 Å². The highest BCUT2D eigenvalue weighted by atomic mass is 19.4. The number of aromatic nitrogens is 1. The average Bonchev–Trinajstić information content (AvgIpc) is 3.16. The minimum Gasteiger partial charge on any atom is -0.478 e. The highest BCUT2D eigenvalue weighted by Gasteiger charge is 2.32. The number of carbonyl (C=O) groups is 1. The van der Waals surface area contributed by atoms with Gasteiger partial charge in [0.25, 0.3) is 0 Å². The van der Waals surface area contributed by atoms with Crippen LogP contribution in [0.2, 0.25) is 0 Å². The van der Waals surface area contributed by atoms with E-state index in [0.717, 1.165) is 23.8 Å². The molecule has 1 aromatic heterocycles. The predicted molar refractivity (Wildman–Crippen MR) is 107 cm³/mol. The Labute approximate surface area is 174 Å². The molecule has 1 N–H and O–H groups in total. The van der Waals surface area contributed by atoms with Gasteiger partial charge in [0.15, 0.2) is 5.58 Å². The average molecular weight is 427 g/mol. The van der Waals surface area contributed by atoms with E-state index in [1.165, 1.54) is 6.07 Å². The summed E-state index contributed by atoms with van der Waals surface area (Å²) in [5.41, 5.74) is 1.30. The van der Waals surface area contributed by atoms with Crippen molar-refractivity contribution in [2.75, 3.05) is 0 Å². The quantitative estimate of drug-likeness (QED) is 0.421. The van der Waals surface area contributed by atoms with E-state index in [9.17, 15) is 23.1 Å². The van der Waals surface area contributed by atoms with Gasteiger partial charge in [-0.1, -0.05) is 35.9 Å². The van der Waals surface area contributed by atoms with E-state index in [-0.39, 0.29) is 17.2 Å². The fourth-order valence-corrected chi connectivity index (χ4v) is 3.17. The number of carboxylic acid groups (broad SMARTS) is 1. The number of benzene rings is 3. The van der Waals surface area contributed by atoms with Crippen LogP contribution in [0.4, 0.5) is 13.2 Å². The van der Waals surface area contributed by atoms with Crippen molar-refractivity contribution in [1.82, 2.24) is 4.98 Å². The first-order valence-electron chi connectivity index (χ1n) is 9.25. The molecule has 8 heteroatoms. The number of nitrogens with zero attached hydrogens (tertiary/aromatic N) is 1. The first-order valence-corrected chi connectivity index (χ1v) is 9.25. The van der Waals surface area contributed by atoms with Crippen LogP contribution < -0.4 is 4.74 Å². The fraction of sp³-hybridized carbons (Fsp3) is 0.130. The second-order valence-electron chi connectivity index (χ2n) is 6.95. The van der Waals surface area contributed by atoms with Crippen molar-refractivity contribution in [3.05, 3.63) is 83.4 Å². The summed E-state index contributed by atoms with van der Waals surface area (Å²) >= 11 is 0. The molecule has 0 radical (unpaired) electrons. The Morgan fingerprint density at radius 3 is 2.55 bits per heavy atom. The molecule has 0 bridgehead atoms. The van der Waals surface area contributed by atoms with E-state index in [4.69, 9.17) is 9.15 Å². The summed E-state index contributed by atoms with van der Waals surface area (Å²) in [4.78, 5) is 16.3. The SMILES string of the molecule is Cc1ccc(OC(C(=O)O)c2cccc(C(F)(F)F)c2)c(-c2nc3ccccc3o2)c1. The Bertz CT molecular complexity index is 1230. The standard InChI is InChI=1S/C23H16F3NO4/c1-13-9-10-18(16(11-13)21-27-17-7-2-3-8-19(17)31-21)30-20(22(28)29)14-5-4-6-15(12-14)23(24,25)26/h2-12,20H,1H3,(H,28,29). The number of alkyl halides is 3. The maximum Gasteiger partial charge on any atom is 0.416 e. The number of oxazole rings is 1. The molecule has 158 valence electrons. The van der Waals surface area contributed by atoms with Crippen LogP contribution in [0.25, 0.3) is 22.6 Å². The zero-order valence-electron chi connectivity index (χ0n) is 16.2. The molecule has 0 spiro atoms. The number of carboxylic acids is 1. The van der Waals surface area contributed by atoms with Gasteiger partial charge in [-0.15, -0.1) is 0 Å². The van der Waals surface area contributed by atoms with Crippen molar-refractivity contribution in [3.63, 3.8) is 0 Å². The van der Waals surface area contributed by atoms with Gasteiger partial charge in [-0.05, 0) is 43.3 Å². The summed E-state index contributed by atoms with van der Waals surface area (Å²) in [7, 11) is 0. The minimum atomic E-state index is -4.60. The molecule has 0 saturated heterocycles. The number of halogens is 3. The van der Waals surface area contributed by atoms with E-state index in [1.807, 2.05) is 6.92 Å². The zero-order valence-corrected chi connectivity index (χ0v) is 16.2. The number of ether oxygens (including phenoxy) is 1. The van der Waals surface area contributed by atoms with Gasteiger partial charge < -0.3 is 14.3 Å². The minimum absolute atomic E-state index is 0.127. The molecule has 0 amide bonds. The molecule has 4 aromatic rings. The van der Waals surface area contributed by atoms with Gasteiger partial charge in [-0.25, -0.2) is 9.78 Å². The number of aliphatic carboxylic acids is 1. The molecular formula is C23H16F3NO4. The fourth-order valence-electron chi connectivity index (χ4n) is 3.17. The molecule has 1 heterocycles. The molecule has 3 aromatic carbocycles. The largest absolute Gasteiger partial charge is 0.478 e. The molecule has 1 unspecified atom stereocenters. The van der Waals surface area contributed by atoms with E-state index in [2.05, 4.69) is 4.98 Å². The van der Waals surface area contributed by atoms with E-state index in [1.54, 1.807) is 42.5 Å². The van der Waals surface area contributed by atoms with Gasteiger partial charge in [0.2, 0.25) is 12.0 Å². The molecule has 0 aliphatic rings. The molecular weight excluding hydrogens is 411 g/mol. The van der Waals surface area contributed by atoms with Gasteiger partial charge in [0.1, 0.15) is 11.3 Å². The lowest BCUT2D eigenvalue weighted by molar-refractivity contribution is -0.146. The Balaban J connectivity index is 1.76. The van der Waals surface area contributed by atoms with Crippen molar-refractivity contribution < 1.29 is 32.2 Å². The molecule has 0 saturated carbocycles. The summed E-state index contributed by atoms with van der Waals surface area (Å²) in [6.07, 6.45) is -6.26. The smallest absolute Gasteiger partial charge is 0.416 e. The number of aryl methyl sites for hydroxylation is 1. The number of rotatable bonds is 5. The molecule has 0 aliphatic heterocycles. The second-order valence-corrected chi connectivity index (χ2v) is 6.95. The third kappa shape index (κ3) is 4.23. The van der Waals surface area contributed by atoms with E-state index in [0.29, 0.717) is 16.7 Å². The van der Waals surface area contributed by atoms with E-state index < -0.39 is 23.8 Å². The summed E-state index contributed by atoms with van der Waals surface area (Å²) in [6, 6.07) is 16.1. The predicted octanol–water partition coefficient (Wildman–Crippen LogP) is 6.03. The zero-order chi connectivity index (χ0) is 22.2. The van der Waals surface area contributed by atoms with Crippen LogP contribution in [0, 0.1) is 6.92 Å². The number of fused-ring (bicyclic) bond motifs is 1. The lowest BCUT2D eigenvalue weighted by atomic mass is 10.0.